The second-order valence-corrected chi connectivity index (χ2v) is 5.83. The van der Waals surface area contributed by atoms with Crippen molar-refractivity contribution in [1.29, 1.82) is 0 Å². The SMILES string of the molecule is CN(CC1(O)CCOCC1)C(=O)Cc1cccc(Cl)c1. The van der Waals surface area contributed by atoms with Gasteiger partial charge < -0.3 is 14.7 Å². The first-order valence-corrected chi connectivity index (χ1v) is 7.15. The summed E-state index contributed by atoms with van der Waals surface area (Å²) in [6.07, 6.45) is 1.44. The smallest absolute Gasteiger partial charge is 0.226 e. The highest BCUT2D eigenvalue weighted by Gasteiger charge is 2.32. The molecule has 0 aromatic heterocycles. The van der Waals surface area contributed by atoms with Gasteiger partial charge in [-0.05, 0) is 17.7 Å². The lowest BCUT2D eigenvalue weighted by Gasteiger charge is -2.35. The van der Waals surface area contributed by atoms with Crippen molar-refractivity contribution >= 4 is 17.5 Å². The van der Waals surface area contributed by atoms with Gasteiger partial charge in [-0.15, -0.1) is 0 Å². The van der Waals surface area contributed by atoms with Crippen molar-refractivity contribution in [3.63, 3.8) is 0 Å². The molecule has 110 valence electrons. The van der Waals surface area contributed by atoms with E-state index in [0.717, 1.165) is 5.56 Å². The third kappa shape index (κ3) is 4.20. The van der Waals surface area contributed by atoms with Crippen molar-refractivity contribution in [1.82, 2.24) is 4.90 Å². The molecule has 0 saturated carbocycles. The first kappa shape index (κ1) is 15.3. The average molecular weight is 298 g/mol. The molecule has 1 aromatic carbocycles. The molecule has 0 atom stereocenters. The molecule has 1 fully saturated rings. The van der Waals surface area contributed by atoms with Gasteiger partial charge in [0, 0.05) is 44.7 Å². The molecule has 5 heteroatoms. The van der Waals surface area contributed by atoms with Crippen LogP contribution in [0.15, 0.2) is 24.3 Å². The van der Waals surface area contributed by atoms with E-state index in [1.807, 2.05) is 12.1 Å². The maximum atomic E-state index is 12.2. The normalized spacial score (nSPS) is 17.8. The summed E-state index contributed by atoms with van der Waals surface area (Å²) in [5, 5.41) is 11.0. The van der Waals surface area contributed by atoms with Gasteiger partial charge in [0.05, 0.1) is 12.0 Å². The molecule has 0 aliphatic carbocycles. The van der Waals surface area contributed by atoms with Crippen LogP contribution in [0.2, 0.25) is 5.02 Å². The summed E-state index contributed by atoms with van der Waals surface area (Å²) in [4.78, 5) is 13.8. The summed E-state index contributed by atoms with van der Waals surface area (Å²) in [6, 6.07) is 7.28. The number of halogens is 1. The third-order valence-corrected chi connectivity index (χ3v) is 3.86. The van der Waals surface area contributed by atoms with Gasteiger partial charge in [-0.2, -0.15) is 0 Å². The number of ether oxygens (including phenoxy) is 1. The van der Waals surface area contributed by atoms with E-state index < -0.39 is 5.60 Å². The van der Waals surface area contributed by atoms with Crippen LogP contribution in [0.25, 0.3) is 0 Å². The summed E-state index contributed by atoms with van der Waals surface area (Å²) < 4.78 is 5.24. The Balaban J connectivity index is 1.91. The van der Waals surface area contributed by atoms with E-state index in [9.17, 15) is 9.90 Å². The number of hydrogen-bond donors (Lipinski definition) is 1. The van der Waals surface area contributed by atoms with Crippen LogP contribution in [-0.2, 0) is 16.0 Å². The van der Waals surface area contributed by atoms with E-state index in [2.05, 4.69) is 0 Å². The van der Waals surface area contributed by atoms with Crippen LogP contribution >= 0.6 is 11.6 Å². The maximum absolute atomic E-state index is 12.2. The summed E-state index contributed by atoms with van der Waals surface area (Å²) in [5.41, 5.74) is 0.0603. The minimum Gasteiger partial charge on any atom is -0.388 e. The molecule has 1 amide bonds. The van der Waals surface area contributed by atoms with Gasteiger partial charge >= 0.3 is 0 Å². The van der Waals surface area contributed by atoms with Crippen LogP contribution in [0, 0.1) is 0 Å². The number of carbonyl (C=O) groups excluding carboxylic acids is 1. The molecule has 0 radical (unpaired) electrons. The fourth-order valence-corrected chi connectivity index (χ4v) is 2.61. The number of rotatable bonds is 4. The first-order valence-electron chi connectivity index (χ1n) is 6.77. The maximum Gasteiger partial charge on any atom is 0.226 e. The molecule has 2 rings (SSSR count). The Labute approximate surface area is 124 Å². The molecule has 1 aliphatic heterocycles. The van der Waals surface area contributed by atoms with Gasteiger partial charge in [0.25, 0.3) is 0 Å². The molecule has 1 heterocycles. The van der Waals surface area contributed by atoms with Crippen LogP contribution in [0.1, 0.15) is 18.4 Å². The molecule has 0 bridgehead atoms. The number of likely N-dealkylation sites (N-methyl/N-ethyl adjacent to an activating group) is 1. The standard InChI is InChI=1S/C15H20ClNO3/c1-17(11-15(19)5-7-20-8-6-15)14(18)10-12-3-2-4-13(16)9-12/h2-4,9,19H,5-8,10-11H2,1H3. The lowest BCUT2D eigenvalue weighted by atomic mass is 9.94. The minimum atomic E-state index is -0.822. The van der Waals surface area contributed by atoms with Crippen LogP contribution in [0.5, 0.6) is 0 Å². The van der Waals surface area contributed by atoms with Gasteiger partial charge in [0.2, 0.25) is 5.91 Å². The average Bonchev–Trinajstić information content (AvgIpc) is 2.39. The molecule has 0 unspecified atom stereocenters. The van der Waals surface area contributed by atoms with Gasteiger partial charge in [-0.25, -0.2) is 0 Å². The van der Waals surface area contributed by atoms with Crippen LogP contribution in [0.3, 0.4) is 0 Å². The van der Waals surface area contributed by atoms with Crippen molar-refractivity contribution in [3.05, 3.63) is 34.9 Å². The van der Waals surface area contributed by atoms with Crippen molar-refractivity contribution in [2.45, 2.75) is 24.9 Å². The summed E-state index contributed by atoms with van der Waals surface area (Å²) >= 11 is 5.91. The Morgan fingerprint density at radius 3 is 2.80 bits per heavy atom. The first-order chi connectivity index (χ1) is 9.48. The van der Waals surface area contributed by atoms with E-state index in [0.29, 0.717) is 44.0 Å². The fraction of sp³-hybridized carbons (Fsp3) is 0.533. The number of benzene rings is 1. The molecule has 1 saturated heterocycles. The van der Waals surface area contributed by atoms with Gasteiger partial charge in [-0.1, -0.05) is 23.7 Å². The largest absolute Gasteiger partial charge is 0.388 e. The number of hydrogen-bond acceptors (Lipinski definition) is 3. The molecule has 20 heavy (non-hydrogen) atoms. The Kier molecular flexibility index (Phi) is 5.02. The van der Waals surface area contributed by atoms with E-state index in [1.165, 1.54) is 0 Å². The van der Waals surface area contributed by atoms with Crippen LogP contribution in [-0.4, -0.2) is 48.3 Å². The molecule has 0 spiro atoms. The Morgan fingerprint density at radius 2 is 2.15 bits per heavy atom. The predicted octanol–water partition coefficient (Wildman–Crippen LogP) is 1.88. The highest BCUT2D eigenvalue weighted by Crippen LogP contribution is 2.21. The number of aliphatic hydroxyl groups is 1. The van der Waals surface area contributed by atoms with Crippen molar-refractivity contribution in [2.24, 2.45) is 0 Å². The lowest BCUT2D eigenvalue weighted by Crippen LogP contribution is -2.47. The van der Waals surface area contributed by atoms with Gasteiger partial charge in [-0.3, -0.25) is 4.79 Å². The van der Waals surface area contributed by atoms with E-state index in [4.69, 9.17) is 16.3 Å². The van der Waals surface area contributed by atoms with E-state index >= 15 is 0 Å². The zero-order valence-corrected chi connectivity index (χ0v) is 12.4. The number of amides is 1. The Hall–Kier alpha value is -1.10. The summed E-state index contributed by atoms with van der Waals surface area (Å²) in [7, 11) is 1.72. The molecule has 1 aliphatic rings. The summed E-state index contributed by atoms with van der Waals surface area (Å²) in [5.74, 6) is -0.0211. The highest BCUT2D eigenvalue weighted by molar-refractivity contribution is 6.30. The predicted molar refractivity (Wildman–Crippen MR) is 77.8 cm³/mol. The highest BCUT2D eigenvalue weighted by atomic mass is 35.5. The third-order valence-electron chi connectivity index (χ3n) is 3.63. The molecular formula is C15H20ClNO3. The zero-order valence-electron chi connectivity index (χ0n) is 11.6. The lowest BCUT2D eigenvalue weighted by molar-refractivity contribution is -0.136. The topological polar surface area (TPSA) is 49.8 Å². The van der Waals surface area contributed by atoms with Crippen LogP contribution < -0.4 is 0 Å². The van der Waals surface area contributed by atoms with Gasteiger partial charge in [0.15, 0.2) is 0 Å². The number of nitrogens with zero attached hydrogens (tertiary/aromatic N) is 1. The van der Waals surface area contributed by atoms with E-state index in [-0.39, 0.29) is 5.91 Å². The molecule has 1 N–H and O–H groups in total. The Morgan fingerprint density at radius 1 is 1.45 bits per heavy atom. The second-order valence-electron chi connectivity index (χ2n) is 5.39. The molecular weight excluding hydrogens is 278 g/mol. The van der Waals surface area contributed by atoms with Crippen molar-refractivity contribution in [2.75, 3.05) is 26.8 Å². The zero-order chi connectivity index (χ0) is 14.6. The monoisotopic (exact) mass is 297 g/mol. The van der Waals surface area contributed by atoms with Crippen molar-refractivity contribution < 1.29 is 14.6 Å². The second kappa shape index (κ2) is 6.57. The van der Waals surface area contributed by atoms with Crippen LogP contribution in [0.4, 0.5) is 0 Å². The minimum absolute atomic E-state index is 0.0211. The van der Waals surface area contributed by atoms with Crippen molar-refractivity contribution in [3.8, 4) is 0 Å². The Bertz CT molecular complexity index is 472. The van der Waals surface area contributed by atoms with E-state index in [1.54, 1.807) is 24.1 Å². The summed E-state index contributed by atoms with van der Waals surface area (Å²) in [6.45, 7) is 1.44. The quantitative estimate of drug-likeness (QED) is 0.923. The number of carbonyl (C=O) groups is 1. The molecule has 4 nitrogen and oxygen atoms in total. The molecule has 1 aromatic rings. The van der Waals surface area contributed by atoms with Gasteiger partial charge in [0.1, 0.15) is 0 Å². The fourth-order valence-electron chi connectivity index (χ4n) is 2.40.